The molecule has 0 amide bonds. The number of rotatable bonds is 4. The molecule has 2 aromatic heterocycles. The van der Waals surface area contributed by atoms with Crippen molar-refractivity contribution in [2.24, 2.45) is 0 Å². The van der Waals surface area contributed by atoms with Crippen molar-refractivity contribution >= 4 is 16.7 Å². The molecule has 0 saturated carbocycles. The molecule has 4 rings (SSSR count). The monoisotopic (exact) mass is 377 g/mol. The maximum atomic E-state index is 14.2. The Bertz CT molecular complexity index is 988. The summed E-state index contributed by atoms with van der Waals surface area (Å²) in [5.41, 5.74) is 1.43. The van der Waals surface area contributed by atoms with Gasteiger partial charge in [-0.15, -0.1) is 0 Å². The Labute approximate surface area is 153 Å². The van der Waals surface area contributed by atoms with Gasteiger partial charge in [0.05, 0.1) is 23.9 Å². The fraction of sp³-hybridized carbons (Fsp3) is 0.389. The van der Waals surface area contributed by atoms with E-state index in [4.69, 9.17) is 4.74 Å². The fourth-order valence-corrected chi connectivity index (χ4v) is 3.14. The minimum Gasteiger partial charge on any atom is -0.488 e. The molecular weight excluding hydrogens is 359 g/mol. The number of aromatic amines is 1. The van der Waals surface area contributed by atoms with E-state index in [0.717, 1.165) is 0 Å². The molecule has 0 atom stereocenters. The molecular formula is C18H18F3N5O. The Kier molecular flexibility index (Phi) is 4.16. The third-order valence-electron chi connectivity index (χ3n) is 4.37. The smallest absolute Gasteiger partial charge is 0.266 e. The highest BCUT2D eigenvalue weighted by atomic mass is 19.3. The van der Waals surface area contributed by atoms with Crippen molar-refractivity contribution in [2.75, 3.05) is 18.0 Å². The van der Waals surface area contributed by atoms with E-state index < -0.39 is 11.7 Å². The standard InChI is InChI=1S/C18H18F3N5O/c1-10(2)27-15-5-11-13(6-12(15)19)24-25-17(11)14-7-16(23-9-22-14)26-4-3-18(20,21)8-26/h5-7,9-10H,3-4,8H2,1-2H3,(H,24,25). The summed E-state index contributed by atoms with van der Waals surface area (Å²) in [5.74, 6) is -2.68. The van der Waals surface area contributed by atoms with Gasteiger partial charge in [-0.25, -0.2) is 23.1 Å². The Hall–Kier alpha value is -2.84. The van der Waals surface area contributed by atoms with Crippen LogP contribution >= 0.6 is 0 Å². The molecule has 0 bridgehead atoms. The maximum Gasteiger partial charge on any atom is 0.266 e. The summed E-state index contributed by atoms with van der Waals surface area (Å²) in [4.78, 5) is 9.84. The van der Waals surface area contributed by atoms with Gasteiger partial charge in [0, 0.05) is 30.5 Å². The summed E-state index contributed by atoms with van der Waals surface area (Å²) >= 11 is 0. The van der Waals surface area contributed by atoms with E-state index in [1.54, 1.807) is 12.1 Å². The number of fused-ring (bicyclic) bond motifs is 1. The normalized spacial score (nSPS) is 16.4. The molecule has 3 heterocycles. The number of benzene rings is 1. The number of alkyl halides is 2. The lowest BCUT2D eigenvalue weighted by molar-refractivity contribution is 0.0256. The molecule has 27 heavy (non-hydrogen) atoms. The average molecular weight is 377 g/mol. The van der Waals surface area contributed by atoms with Gasteiger partial charge in [-0.2, -0.15) is 5.10 Å². The summed E-state index contributed by atoms with van der Waals surface area (Å²) in [5, 5.41) is 7.62. The van der Waals surface area contributed by atoms with Crippen LogP contribution in [0.25, 0.3) is 22.3 Å². The fourth-order valence-electron chi connectivity index (χ4n) is 3.14. The van der Waals surface area contributed by atoms with Crippen molar-refractivity contribution in [1.82, 2.24) is 20.2 Å². The van der Waals surface area contributed by atoms with E-state index in [1.807, 2.05) is 13.8 Å². The zero-order valence-electron chi connectivity index (χ0n) is 14.8. The van der Waals surface area contributed by atoms with Gasteiger partial charge in [0.25, 0.3) is 5.92 Å². The maximum absolute atomic E-state index is 14.2. The molecule has 0 aliphatic carbocycles. The number of ether oxygens (including phenoxy) is 1. The lowest BCUT2D eigenvalue weighted by Gasteiger charge is -2.17. The molecule has 0 spiro atoms. The van der Waals surface area contributed by atoms with E-state index in [9.17, 15) is 13.2 Å². The number of H-pyrrole nitrogens is 1. The van der Waals surface area contributed by atoms with E-state index in [1.165, 1.54) is 17.3 Å². The second-order valence-electron chi connectivity index (χ2n) is 6.86. The Morgan fingerprint density at radius 1 is 1.22 bits per heavy atom. The van der Waals surface area contributed by atoms with Crippen LogP contribution in [0.4, 0.5) is 19.0 Å². The minimum absolute atomic E-state index is 0.119. The van der Waals surface area contributed by atoms with Gasteiger partial charge < -0.3 is 9.64 Å². The Balaban J connectivity index is 1.73. The van der Waals surface area contributed by atoms with Crippen LogP contribution in [-0.4, -0.2) is 45.3 Å². The van der Waals surface area contributed by atoms with Crippen LogP contribution in [0.15, 0.2) is 24.5 Å². The third-order valence-corrected chi connectivity index (χ3v) is 4.37. The third kappa shape index (κ3) is 3.41. The highest BCUT2D eigenvalue weighted by Crippen LogP contribution is 2.33. The first-order valence-electron chi connectivity index (χ1n) is 8.62. The van der Waals surface area contributed by atoms with Crippen LogP contribution < -0.4 is 9.64 Å². The van der Waals surface area contributed by atoms with Gasteiger partial charge in [-0.3, -0.25) is 5.10 Å². The predicted molar refractivity (Wildman–Crippen MR) is 94.6 cm³/mol. The van der Waals surface area contributed by atoms with E-state index in [0.29, 0.717) is 28.1 Å². The van der Waals surface area contributed by atoms with Crippen LogP contribution in [0.1, 0.15) is 20.3 Å². The molecule has 0 radical (unpaired) electrons. The molecule has 1 aromatic carbocycles. The minimum atomic E-state index is -2.72. The number of hydrogen-bond donors (Lipinski definition) is 1. The lowest BCUT2D eigenvalue weighted by atomic mass is 10.1. The lowest BCUT2D eigenvalue weighted by Crippen LogP contribution is -2.25. The van der Waals surface area contributed by atoms with Crippen molar-refractivity contribution in [1.29, 1.82) is 0 Å². The molecule has 0 unspecified atom stereocenters. The average Bonchev–Trinajstić information content (AvgIpc) is 3.18. The molecule has 3 aromatic rings. The zero-order chi connectivity index (χ0) is 19.2. The largest absolute Gasteiger partial charge is 0.488 e. The molecule has 6 nitrogen and oxygen atoms in total. The van der Waals surface area contributed by atoms with Gasteiger partial charge in [-0.1, -0.05) is 0 Å². The van der Waals surface area contributed by atoms with Crippen LogP contribution in [0, 0.1) is 5.82 Å². The first-order chi connectivity index (χ1) is 12.8. The first-order valence-corrected chi connectivity index (χ1v) is 8.62. The van der Waals surface area contributed by atoms with Crippen LogP contribution in [0.3, 0.4) is 0 Å². The SMILES string of the molecule is CC(C)Oc1cc2c(-c3cc(N4CCC(F)(F)C4)ncn3)n[nH]c2cc1F. The molecule has 1 fully saturated rings. The van der Waals surface area contributed by atoms with Crippen molar-refractivity contribution in [3.8, 4) is 17.1 Å². The van der Waals surface area contributed by atoms with Crippen molar-refractivity contribution in [2.45, 2.75) is 32.3 Å². The van der Waals surface area contributed by atoms with Crippen molar-refractivity contribution in [3.05, 3.63) is 30.3 Å². The van der Waals surface area contributed by atoms with E-state index in [-0.39, 0.29) is 31.4 Å². The summed E-state index contributed by atoms with van der Waals surface area (Å²) in [6.07, 6.45) is 0.929. The second-order valence-corrected chi connectivity index (χ2v) is 6.86. The number of anilines is 1. The Morgan fingerprint density at radius 2 is 2.04 bits per heavy atom. The van der Waals surface area contributed by atoms with E-state index in [2.05, 4.69) is 20.2 Å². The molecule has 1 N–H and O–H groups in total. The molecule has 1 aliphatic rings. The summed E-state index contributed by atoms with van der Waals surface area (Å²) in [6.45, 7) is 3.47. The molecule has 9 heteroatoms. The first kappa shape index (κ1) is 17.6. The number of halogens is 3. The highest BCUT2D eigenvalue weighted by Gasteiger charge is 2.38. The quantitative estimate of drug-likeness (QED) is 0.749. The summed E-state index contributed by atoms with van der Waals surface area (Å²) < 4.78 is 46.7. The van der Waals surface area contributed by atoms with Gasteiger partial charge >= 0.3 is 0 Å². The van der Waals surface area contributed by atoms with Crippen LogP contribution in [0.5, 0.6) is 5.75 Å². The molecule has 142 valence electrons. The van der Waals surface area contributed by atoms with Gasteiger partial charge in [0.1, 0.15) is 17.8 Å². The second kappa shape index (κ2) is 6.40. The van der Waals surface area contributed by atoms with Crippen LogP contribution in [-0.2, 0) is 0 Å². The van der Waals surface area contributed by atoms with Gasteiger partial charge in [0.15, 0.2) is 11.6 Å². The predicted octanol–water partition coefficient (Wildman–Crippen LogP) is 3.79. The van der Waals surface area contributed by atoms with Crippen molar-refractivity contribution < 1.29 is 17.9 Å². The number of nitrogens with zero attached hydrogens (tertiary/aromatic N) is 4. The summed E-state index contributed by atoms with van der Waals surface area (Å²) in [6, 6.07) is 4.49. The number of aromatic nitrogens is 4. The molecule has 1 aliphatic heterocycles. The van der Waals surface area contributed by atoms with E-state index >= 15 is 0 Å². The highest BCUT2D eigenvalue weighted by molar-refractivity contribution is 5.93. The summed E-state index contributed by atoms with van der Waals surface area (Å²) in [7, 11) is 0. The zero-order valence-corrected chi connectivity index (χ0v) is 14.8. The topological polar surface area (TPSA) is 66.9 Å². The number of hydrogen-bond acceptors (Lipinski definition) is 5. The Morgan fingerprint density at radius 3 is 2.74 bits per heavy atom. The van der Waals surface area contributed by atoms with Gasteiger partial charge in [0.2, 0.25) is 0 Å². The van der Waals surface area contributed by atoms with Crippen molar-refractivity contribution in [3.63, 3.8) is 0 Å². The number of nitrogens with one attached hydrogen (secondary N) is 1. The molecule has 1 saturated heterocycles. The van der Waals surface area contributed by atoms with Gasteiger partial charge in [-0.05, 0) is 19.9 Å². The van der Waals surface area contributed by atoms with Crippen LogP contribution in [0.2, 0.25) is 0 Å².